The molecular weight excluding hydrogens is 441 g/mol. The largest absolute Gasteiger partial charge is 0.497 e. The number of aliphatic hydroxyl groups is 1. The third-order valence-corrected chi connectivity index (χ3v) is 4.90. The van der Waals surface area contributed by atoms with Crippen LogP contribution in [0.15, 0.2) is 53.7 Å². The molecule has 7 nitrogen and oxygen atoms in total. The standard InChI is InChI=1S/C22H29N3O4.2ClH/c1-27-20-7-5-6-18(14-20)15-23-29-17-19(26)16-24-10-12-25(13-11-24)21-8-3-4-9-22(21)28-2;;/h3-9,14-15,19,26H,10-13,16-17H2,1-2H3;2*1H/b23-15+;;. The van der Waals surface area contributed by atoms with E-state index in [1.165, 1.54) is 0 Å². The van der Waals surface area contributed by atoms with Crippen molar-refractivity contribution in [1.29, 1.82) is 0 Å². The van der Waals surface area contributed by atoms with E-state index in [0.29, 0.717) is 6.54 Å². The Balaban J connectivity index is 0.00000240. The van der Waals surface area contributed by atoms with Crippen LogP contribution in [0.4, 0.5) is 5.69 Å². The number of piperazine rings is 1. The number of hydrogen-bond acceptors (Lipinski definition) is 7. The maximum atomic E-state index is 10.3. The summed E-state index contributed by atoms with van der Waals surface area (Å²) in [6, 6.07) is 15.6. The van der Waals surface area contributed by atoms with E-state index in [9.17, 15) is 5.11 Å². The Morgan fingerprint density at radius 2 is 1.74 bits per heavy atom. The molecule has 0 spiro atoms. The number of benzene rings is 2. The average molecular weight is 472 g/mol. The predicted molar refractivity (Wildman–Crippen MR) is 129 cm³/mol. The van der Waals surface area contributed by atoms with Crippen LogP contribution in [0.2, 0.25) is 0 Å². The number of β-amino-alcohol motifs (C(OH)–C–C–N with tert-alkyl or cyclic N) is 1. The smallest absolute Gasteiger partial charge is 0.144 e. The molecule has 1 atom stereocenters. The molecule has 0 radical (unpaired) electrons. The molecule has 0 aliphatic carbocycles. The topological polar surface area (TPSA) is 66.8 Å². The van der Waals surface area contributed by atoms with Crippen molar-refractivity contribution in [2.24, 2.45) is 5.16 Å². The van der Waals surface area contributed by atoms with Crippen LogP contribution in [-0.4, -0.2) is 75.9 Å². The summed E-state index contributed by atoms with van der Waals surface area (Å²) in [6.45, 7) is 4.26. The highest BCUT2D eigenvalue weighted by Crippen LogP contribution is 2.28. The van der Waals surface area contributed by atoms with E-state index in [0.717, 1.165) is 48.9 Å². The van der Waals surface area contributed by atoms with Crippen molar-refractivity contribution in [2.45, 2.75) is 6.10 Å². The highest BCUT2D eigenvalue weighted by Gasteiger charge is 2.21. The summed E-state index contributed by atoms with van der Waals surface area (Å²) in [6.07, 6.45) is 1.02. The van der Waals surface area contributed by atoms with E-state index in [1.54, 1.807) is 20.4 Å². The molecule has 0 saturated carbocycles. The Morgan fingerprint density at radius 1 is 1.00 bits per heavy atom. The minimum atomic E-state index is -0.588. The Bertz CT molecular complexity index is 802. The van der Waals surface area contributed by atoms with Crippen molar-refractivity contribution in [1.82, 2.24) is 4.90 Å². The maximum absolute atomic E-state index is 10.3. The van der Waals surface area contributed by atoms with Crippen molar-refractivity contribution >= 4 is 36.7 Å². The third-order valence-electron chi connectivity index (χ3n) is 4.90. The summed E-state index contributed by atoms with van der Waals surface area (Å²) in [5.74, 6) is 1.66. The predicted octanol–water partition coefficient (Wildman–Crippen LogP) is 3.08. The van der Waals surface area contributed by atoms with E-state index >= 15 is 0 Å². The molecule has 172 valence electrons. The van der Waals surface area contributed by atoms with Gasteiger partial charge in [0.25, 0.3) is 0 Å². The first kappa shape index (κ1) is 26.8. The van der Waals surface area contributed by atoms with Crippen LogP contribution in [0.5, 0.6) is 11.5 Å². The monoisotopic (exact) mass is 471 g/mol. The molecule has 1 heterocycles. The molecule has 31 heavy (non-hydrogen) atoms. The van der Waals surface area contributed by atoms with Crippen LogP contribution < -0.4 is 14.4 Å². The van der Waals surface area contributed by atoms with Gasteiger partial charge >= 0.3 is 0 Å². The second-order valence-electron chi connectivity index (χ2n) is 6.92. The van der Waals surface area contributed by atoms with Gasteiger partial charge in [-0.25, -0.2) is 0 Å². The Labute approximate surface area is 196 Å². The number of halogens is 2. The highest BCUT2D eigenvalue weighted by molar-refractivity contribution is 5.85. The van der Waals surface area contributed by atoms with Gasteiger partial charge in [-0.15, -0.1) is 24.8 Å². The molecule has 1 aliphatic rings. The van der Waals surface area contributed by atoms with E-state index in [-0.39, 0.29) is 31.4 Å². The van der Waals surface area contributed by atoms with Gasteiger partial charge in [0.15, 0.2) is 0 Å². The van der Waals surface area contributed by atoms with Crippen molar-refractivity contribution in [3.05, 3.63) is 54.1 Å². The number of hydrogen-bond donors (Lipinski definition) is 1. The van der Waals surface area contributed by atoms with Crippen LogP contribution in [0.3, 0.4) is 0 Å². The minimum absolute atomic E-state index is 0. The number of ether oxygens (including phenoxy) is 2. The summed E-state index contributed by atoms with van der Waals surface area (Å²) in [7, 11) is 3.32. The van der Waals surface area contributed by atoms with Gasteiger partial charge in [0.2, 0.25) is 0 Å². The van der Waals surface area contributed by atoms with Crippen LogP contribution in [0, 0.1) is 0 Å². The molecule has 1 N–H and O–H groups in total. The fourth-order valence-corrected chi connectivity index (χ4v) is 3.36. The molecule has 9 heteroatoms. The van der Waals surface area contributed by atoms with Crippen molar-refractivity contribution < 1.29 is 19.4 Å². The molecule has 1 fully saturated rings. The van der Waals surface area contributed by atoms with Crippen molar-refractivity contribution in [3.8, 4) is 11.5 Å². The quantitative estimate of drug-likeness (QED) is 0.447. The number of para-hydroxylation sites is 2. The zero-order chi connectivity index (χ0) is 20.5. The zero-order valence-corrected chi connectivity index (χ0v) is 19.5. The van der Waals surface area contributed by atoms with Gasteiger partial charge in [-0.05, 0) is 29.8 Å². The molecule has 1 aliphatic heterocycles. The van der Waals surface area contributed by atoms with Crippen LogP contribution in [-0.2, 0) is 4.84 Å². The number of anilines is 1. The van der Waals surface area contributed by atoms with Crippen LogP contribution in [0.1, 0.15) is 5.56 Å². The summed E-state index contributed by atoms with van der Waals surface area (Å²) in [5, 5.41) is 14.2. The molecule has 1 unspecified atom stereocenters. The van der Waals surface area contributed by atoms with Gasteiger partial charge in [-0.2, -0.15) is 0 Å². The summed E-state index contributed by atoms with van der Waals surface area (Å²) < 4.78 is 10.6. The normalized spacial score (nSPS) is 15.0. The lowest BCUT2D eigenvalue weighted by Gasteiger charge is -2.37. The maximum Gasteiger partial charge on any atom is 0.144 e. The van der Waals surface area contributed by atoms with Crippen LogP contribution in [0.25, 0.3) is 0 Å². The van der Waals surface area contributed by atoms with E-state index in [2.05, 4.69) is 21.0 Å². The van der Waals surface area contributed by atoms with E-state index in [1.807, 2.05) is 42.5 Å². The Hall–Kier alpha value is -2.19. The number of methoxy groups -OCH3 is 2. The van der Waals surface area contributed by atoms with Crippen molar-refractivity contribution in [2.75, 3.05) is 58.5 Å². The lowest BCUT2D eigenvalue weighted by atomic mass is 10.2. The molecule has 2 aromatic rings. The first-order valence-corrected chi connectivity index (χ1v) is 9.77. The third kappa shape index (κ3) is 8.10. The Morgan fingerprint density at radius 3 is 2.45 bits per heavy atom. The highest BCUT2D eigenvalue weighted by atomic mass is 35.5. The van der Waals surface area contributed by atoms with E-state index < -0.39 is 6.10 Å². The second kappa shape index (κ2) is 14.0. The zero-order valence-electron chi connectivity index (χ0n) is 17.8. The number of rotatable bonds is 9. The fourth-order valence-electron chi connectivity index (χ4n) is 3.36. The van der Waals surface area contributed by atoms with Gasteiger partial charge in [0, 0.05) is 32.7 Å². The minimum Gasteiger partial charge on any atom is -0.497 e. The van der Waals surface area contributed by atoms with Gasteiger partial charge in [0.1, 0.15) is 24.2 Å². The fraction of sp³-hybridized carbons (Fsp3) is 0.409. The van der Waals surface area contributed by atoms with Gasteiger partial charge in [-0.1, -0.05) is 29.4 Å². The average Bonchev–Trinajstić information content (AvgIpc) is 2.77. The first-order chi connectivity index (χ1) is 14.2. The molecular formula is C22H31Cl2N3O4. The summed E-state index contributed by atoms with van der Waals surface area (Å²) in [4.78, 5) is 9.82. The van der Waals surface area contributed by atoms with Crippen molar-refractivity contribution in [3.63, 3.8) is 0 Å². The summed E-state index contributed by atoms with van der Waals surface area (Å²) >= 11 is 0. The lowest BCUT2D eigenvalue weighted by Crippen LogP contribution is -2.49. The molecule has 0 amide bonds. The second-order valence-corrected chi connectivity index (χ2v) is 6.92. The number of nitrogens with zero attached hydrogens (tertiary/aromatic N) is 3. The SMILES string of the molecule is COc1cccc(/C=N/OCC(O)CN2CCN(c3ccccc3OC)CC2)c1.Cl.Cl. The molecule has 0 bridgehead atoms. The number of oxime groups is 1. The molecule has 0 aromatic heterocycles. The molecule has 3 rings (SSSR count). The molecule has 1 saturated heterocycles. The van der Waals surface area contributed by atoms with Crippen LogP contribution >= 0.6 is 24.8 Å². The lowest BCUT2D eigenvalue weighted by molar-refractivity contribution is 0.0186. The Kier molecular flexibility index (Phi) is 12.1. The summed E-state index contributed by atoms with van der Waals surface area (Å²) in [5.41, 5.74) is 2.00. The van der Waals surface area contributed by atoms with Gasteiger partial charge in [0.05, 0.1) is 26.1 Å². The number of aliphatic hydroxyl groups excluding tert-OH is 1. The van der Waals surface area contributed by atoms with E-state index in [4.69, 9.17) is 14.3 Å². The first-order valence-electron chi connectivity index (χ1n) is 9.77. The van der Waals surface area contributed by atoms with Gasteiger partial charge < -0.3 is 24.3 Å². The molecule has 2 aromatic carbocycles. The van der Waals surface area contributed by atoms with Gasteiger partial charge in [-0.3, -0.25) is 4.90 Å².